The van der Waals surface area contributed by atoms with Gasteiger partial charge in [0.15, 0.2) is 11.6 Å². The van der Waals surface area contributed by atoms with E-state index in [-0.39, 0.29) is 18.6 Å². The molecule has 0 fully saturated rings. The first kappa shape index (κ1) is 14.4. The van der Waals surface area contributed by atoms with Crippen molar-refractivity contribution in [3.63, 3.8) is 0 Å². The lowest BCUT2D eigenvalue weighted by atomic mass is 9.98. The highest BCUT2D eigenvalue weighted by atomic mass is 19.3. The number of carbonyl (C=O) groups excluding carboxylic acids is 1. The molecule has 1 rings (SSSR count). The predicted molar refractivity (Wildman–Crippen MR) is 62.5 cm³/mol. The highest BCUT2D eigenvalue weighted by Gasteiger charge is 2.14. The van der Waals surface area contributed by atoms with Gasteiger partial charge in [0.1, 0.15) is 0 Å². The van der Waals surface area contributed by atoms with Gasteiger partial charge in [-0.25, -0.2) is 9.18 Å². The van der Waals surface area contributed by atoms with Crippen molar-refractivity contribution in [1.29, 1.82) is 0 Å². The number of halogens is 2. The molecule has 0 aliphatic carbocycles. The lowest BCUT2D eigenvalue weighted by molar-refractivity contribution is -0.183. The number of carbonyl (C=O) groups is 1. The van der Waals surface area contributed by atoms with Gasteiger partial charge < -0.3 is 4.74 Å². The van der Waals surface area contributed by atoms with Gasteiger partial charge in [0.05, 0.1) is 13.5 Å². The molecule has 0 saturated heterocycles. The van der Waals surface area contributed by atoms with Crippen LogP contribution in [0.2, 0.25) is 0 Å². The summed E-state index contributed by atoms with van der Waals surface area (Å²) in [6.45, 7) is 1.93. The first-order valence-electron chi connectivity index (χ1n) is 5.79. The van der Waals surface area contributed by atoms with Gasteiger partial charge in [-0.3, -0.25) is 4.94 Å². The molecular weight excluding hydrogens is 242 g/mol. The van der Waals surface area contributed by atoms with Crippen LogP contribution in [0.5, 0.6) is 5.75 Å². The fourth-order valence-corrected chi connectivity index (χ4v) is 1.83. The van der Waals surface area contributed by atoms with E-state index in [4.69, 9.17) is 4.74 Å². The topological polar surface area (TPSA) is 35.5 Å². The molecule has 18 heavy (non-hydrogen) atoms. The Hall–Kier alpha value is -1.65. The van der Waals surface area contributed by atoms with E-state index in [1.165, 1.54) is 13.2 Å². The van der Waals surface area contributed by atoms with Crippen molar-refractivity contribution >= 4 is 5.97 Å². The summed E-state index contributed by atoms with van der Waals surface area (Å²) in [7, 11) is 1.40. The van der Waals surface area contributed by atoms with Gasteiger partial charge in [0, 0.05) is 4.53 Å². The van der Waals surface area contributed by atoms with Crippen molar-refractivity contribution in [2.24, 2.45) is 0 Å². The van der Waals surface area contributed by atoms with Crippen molar-refractivity contribution in [3.05, 3.63) is 29.1 Å². The summed E-state index contributed by atoms with van der Waals surface area (Å²) in [6.07, 6.45) is 1.45. The number of hydrogen-bond acceptors (Lipinski definition) is 3. The fraction of sp³-hybridized carbons (Fsp3) is 0.462. The smallest absolute Gasteiger partial charge is 0.349 e. The van der Waals surface area contributed by atoms with Gasteiger partial charge in [-0.05, 0) is 30.0 Å². The minimum Gasteiger partial charge on any atom is -0.494 e. The van der Waals surface area contributed by atoms with Crippen LogP contribution in [-0.4, -0.2) is 13.1 Å². The average Bonchev–Trinajstić information content (AvgIpc) is 2.39. The van der Waals surface area contributed by atoms with Crippen LogP contribution in [-0.2, 0) is 22.6 Å². The van der Waals surface area contributed by atoms with E-state index in [1.807, 2.05) is 6.92 Å². The van der Waals surface area contributed by atoms with Gasteiger partial charge in [-0.15, -0.1) is 0 Å². The van der Waals surface area contributed by atoms with Crippen molar-refractivity contribution in [1.82, 2.24) is 0 Å². The number of aryl methyl sites for hydroxylation is 1. The number of ether oxygens (including phenoxy) is 1. The molecule has 0 aromatic heterocycles. The molecule has 0 radical (unpaired) electrons. The quantitative estimate of drug-likeness (QED) is 0.786. The second-order valence-electron chi connectivity index (χ2n) is 3.92. The third kappa shape index (κ3) is 3.42. The third-order valence-electron chi connectivity index (χ3n) is 2.71. The molecule has 1 aromatic carbocycles. The van der Waals surface area contributed by atoms with E-state index in [9.17, 15) is 13.7 Å². The molecule has 3 nitrogen and oxygen atoms in total. The Morgan fingerprint density at radius 3 is 2.61 bits per heavy atom. The predicted octanol–water partition coefficient (Wildman–Crippen LogP) is 3.15. The summed E-state index contributed by atoms with van der Waals surface area (Å²) < 4.78 is 30.5. The molecule has 0 spiro atoms. The van der Waals surface area contributed by atoms with Crippen molar-refractivity contribution in [2.45, 2.75) is 32.6 Å². The van der Waals surface area contributed by atoms with E-state index >= 15 is 0 Å². The molecule has 0 heterocycles. The molecule has 5 heteroatoms. The van der Waals surface area contributed by atoms with Gasteiger partial charge in [-0.2, -0.15) is 0 Å². The number of benzene rings is 1. The van der Waals surface area contributed by atoms with Crippen LogP contribution in [0.1, 0.15) is 30.9 Å². The van der Waals surface area contributed by atoms with Gasteiger partial charge >= 0.3 is 5.97 Å². The molecule has 0 amide bonds. The molecule has 0 aliphatic rings. The summed E-state index contributed by atoms with van der Waals surface area (Å²) in [4.78, 5) is 13.8. The number of rotatable bonds is 6. The highest BCUT2D eigenvalue weighted by Crippen LogP contribution is 2.26. The zero-order valence-corrected chi connectivity index (χ0v) is 10.5. The third-order valence-corrected chi connectivity index (χ3v) is 2.71. The van der Waals surface area contributed by atoms with Crippen LogP contribution in [0.15, 0.2) is 12.1 Å². The fourth-order valence-electron chi connectivity index (χ4n) is 1.83. The van der Waals surface area contributed by atoms with E-state index < -0.39 is 11.8 Å². The van der Waals surface area contributed by atoms with Crippen LogP contribution in [0.3, 0.4) is 0 Å². The average molecular weight is 258 g/mol. The molecular formula is C13H16F2O3. The SMILES string of the molecule is CCCc1c(CCC(=O)OF)ccc(OC)c1F. The maximum Gasteiger partial charge on any atom is 0.349 e. The van der Waals surface area contributed by atoms with Gasteiger partial charge in [0.2, 0.25) is 0 Å². The van der Waals surface area contributed by atoms with Crippen molar-refractivity contribution in [2.75, 3.05) is 7.11 Å². The minimum atomic E-state index is -0.950. The lowest BCUT2D eigenvalue weighted by Gasteiger charge is -2.12. The zero-order chi connectivity index (χ0) is 13.5. The first-order valence-corrected chi connectivity index (χ1v) is 5.79. The molecule has 100 valence electrons. The molecule has 0 N–H and O–H groups in total. The normalized spacial score (nSPS) is 10.2. The highest BCUT2D eigenvalue weighted by molar-refractivity contribution is 5.69. The summed E-state index contributed by atoms with van der Waals surface area (Å²) in [5, 5.41) is 0. The molecule has 1 aromatic rings. The molecule has 0 atom stereocenters. The largest absolute Gasteiger partial charge is 0.494 e. The monoisotopic (exact) mass is 258 g/mol. The first-order chi connectivity index (χ1) is 8.63. The van der Waals surface area contributed by atoms with Crippen LogP contribution in [0, 0.1) is 5.82 Å². The minimum absolute atomic E-state index is 0.112. The lowest BCUT2D eigenvalue weighted by Crippen LogP contribution is -2.05. The number of hydrogen-bond donors (Lipinski definition) is 0. The van der Waals surface area contributed by atoms with E-state index in [1.54, 1.807) is 6.07 Å². The Bertz CT molecular complexity index is 419. The van der Waals surface area contributed by atoms with Crippen LogP contribution < -0.4 is 4.74 Å². The molecule has 0 unspecified atom stereocenters. The van der Waals surface area contributed by atoms with Crippen molar-refractivity contribution < 1.29 is 23.4 Å². The van der Waals surface area contributed by atoms with Crippen LogP contribution >= 0.6 is 0 Å². The molecule has 0 saturated carbocycles. The Labute approximate surface area is 105 Å². The van der Waals surface area contributed by atoms with Crippen LogP contribution in [0.4, 0.5) is 8.92 Å². The van der Waals surface area contributed by atoms with Crippen molar-refractivity contribution in [3.8, 4) is 5.75 Å². The molecule has 0 bridgehead atoms. The summed E-state index contributed by atoms with van der Waals surface area (Å²) in [6, 6.07) is 3.20. The standard InChI is InChI=1S/C13H16F2O3/c1-3-4-10-9(6-8-12(16)18-15)5-7-11(17-2)13(10)14/h5,7H,3-4,6,8H2,1-2H3. The van der Waals surface area contributed by atoms with Crippen LogP contribution in [0.25, 0.3) is 0 Å². The Morgan fingerprint density at radius 2 is 2.06 bits per heavy atom. The molecule has 0 aliphatic heterocycles. The second-order valence-corrected chi connectivity index (χ2v) is 3.92. The summed E-state index contributed by atoms with van der Waals surface area (Å²) in [5.41, 5.74) is 1.20. The Morgan fingerprint density at radius 1 is 1.33 bits per heavy atom. The van der Waals surface area contributed by atoms with E-state index in [2.05, 4.69) is 4.94 Å². The van der Waals surface area contributed by atoms with E-state index in [0.717, 1.165) is 6.42 Å². The maximum atomic E-state index is 14.0. The maximum absolute atomic E-state index is 14.0. The van der Waals surface area contributed by atoms with E-state index in [0.29, 0.717) is 17.5 Å². The van der Waals surface area contributed by atoms with Gasteiger partial charge in [-0.1, -0.05) is 19.4 Å². The second kappa shape index (κ2) is 6.93. The number of methoxy groups -OCH3 is 1. The summed E-state index contributed by atoms with van der Waals surface area (Å²) >= 11 is 0. The zero-order valence-electron chi connectivity index (χ0n) is 10.5. The Balaban J connectivity index is 2.95. The Kier molecular flexibility index (Phi) is 5.55. The van der Waals surface area contributed by atoms with Gasteiger partial charge in [0.25, 0.3) is 0 Å². The summed E-state index contributed by atoms with van der Waals surface area (Å²) in [5.74, 6) is -1.19.